The molecule has 240 valence electrons. The van der Waals surface area contributed by atoms with Crippen LogP contribution in [0, 0.1) is 0 Å². The summed E-state index contributed by atoms with van der Waals surface area (Å²) in [5, 5.41) is 0. The Balaban J connectivity index is 1.81. The highest BCUT2D eigenvalue weighted by molar-refractivity contribution is 7.44. The zero-order chi connectivity index (χ0) is 33.1. The minimum Gasteiger partial charge on any atom is -0.133 e. The van der Waals surface area contributed by atoms with Crippen molar-refractivity contribution in [2.45, 2.75) is 105 Å². The third-order valence-electron chi connectivity index (χ3n) is 8.79. The highest BCUT2D eigenvalue weighted by atomic mass is 32.1. The molecule has 0 amide bonds. The maximum atomic E-state index is 2.42. The van der Waals surface area contributed by atoms with Gasteiger partial charge in [0.15, 0.2) is 0 Å². The molecular weight excluding hydrogens is 673 g/mol. The van der Waals surface area contributed by atoms with Gasteiger partial charge in [0.2, 0.25) is 0 Å². The molecular formula is C40H44S6. The quantitative estimate of drug-likeness (QED) is 0.137. The third-order valence-corrected chi connectivity index (χ3v) is 17.1. The summed E-state index contributed by atoms with van der Waals surface area (Å²) in [6.45, 7) is 28.3. The summed E-state index contributed by atoms with van der Waals surface area (Å²) < 4.78 is 17.0. The SMILES string of the molecule is CC(C)(C)c1ccc2sc3ccc(C(C)(C)C)c4sc5c(C(C)(C)C)ccc(sc6ccc(C(C)(C)C)c7sc1c2sc67)c5sc34. The first-order chi connectivity index (χ1) is 21.3. The second-order valence-electron chi connectivity index (χ2n) is 16.7. The van der Waals surface area contributed by atoms with Crippen LogP contribution in [0.4, 0.5) is 0 Å². The van der Waals surface area contributed by atoms with Crippen molar-refractivity contribution >= 4 is 124 Å². The summed E-state index contributed by atoms with van der Waals surface area (Å²) in [6.07, 6.45) is 0. The smallest absolute Gasteiger partial charge is 0.0625 e. The van der Waals surface area contributed by atoms with Gasteiger partial charge in [-0.15, -0.1) is 68.0 Å². The molecule has 4 aromatic carbocycles. The largest absolute Gasteiger partial charge is 0.133 e. The Kier molecular flexibility index (Phi) is 7.72. The Bertz CT molecular complexity index is 2070. The molecule has 6 heteroatoms. The van der Waals surface area contributed by atoms with E-state index in [0.29, 0.717) is 0 Å². The van der Waals surface area contributed by atoms with E-state index < -0.39 is 0 Å². The van der Waals surface area contributed by atoms with Crippen LogP contribution in [0.15, 0.2) is 48.5 Å². The van der Waals surface area contributed by atoms with E-state index in [-0.39, 0.29) is 21.7 Å². The maximum absolute atomic E-state index is 2.42. The summed E-state index contributed by atoms with van der Waals surface area (Å²) in [6, 6.07) is 19.3. The molecule has 0 aliphatic rings. The van der Waals surface area contributed by atoms with Crippen LogP contribution >= 0.6 is 68.0 Å². The summed E-state index contributed by atoms with van der Waals surface area (Å²) in [5.74, 6) is 0. The normalized spacial score (nSPS) is 13.7. The molecule has 0 unspecified atom stereocenters. The van der Waals surface area contributed by atoms with Crippen LogP contribution in [-0.4, -0.2) is 0 Å². The van der Waals surface area contributed by atoms with Gasteiger partial charge in [-0.2, -0.15) is 0 Å². The molecule has 3 aromatic heterocycles. The van der Waals surface area contributed by atoms with Crippen LogP contribution in [0.25, 0.3) is 56.4 Å². The van der Waals surface area contributed by atoms with E-state index in [9.17, 15) is 0 Å². The molecule has 7 aromatic rings. The minimum absolute atomic E-state index is 0.0537. The molecule has 0 aliphatic carbocycles. The van der Waals surface area contributed by atoms with E-state index in [1.165, 1.54) is 78.7 Å². The second-order valence-corrected chi connectivity index (χ2v) is 22.9. The molecule has 7 rings (SSSR count). The molecule has 0 nitrogen and oxygen atoms in total. The first-order valence-corrected chi connectivity index (χ1v) is 21.0. The van der Waals surface area contributed by atoms with Crippen molar-refractivity contribution in [2.24, 2.45) is 0 Å². The van der Waals surface area contributed by atoms with Gasteiger partial charge in [0.05, 0.1) is 37.6 Å². The maximum Gasteiger partial charge on any atom is 0.0625 e. The van der Waals surface area contributed by atoms with Crippen LogP contribution in [0.1, 0.15) is 105 Å². The predicted octanol–water partition coefficient (Wildman–Crippen LogP) is 15.9. The molecule has 0 saturated carbocycles. The summed E-state index contributed by atoms with van der Waals surface area (Å²) in [4.78, 5) is 0. The van der Waals surface area contributed by atoms with Crippen molar-refractivity contribution in [2.75, 3.05) is 0 Å². The zero-order valence-corrected chi connectivity index (χ0v) is 34.0. The number of hydrogen-bond donors (Lipinski definition) is 0. The lowest BCUT2D eigenvalue weighted by Gasteiger charge is -2.24. The van der Waals surface area contributed by atoms with Crippen LogP contribution in [-0.2, 0) is 21.7 Å². The summed E-state index contributed by atoms with van der Waals surface area (Å²) >= 11 is 12.0. The van der Waals surface area contributed by atoms with Gasteiger partial charge in [0.1, 0.15) is 0 Å². The summed E-state index contributed by atoms with van der Waals surface area (Å²) in [5.41, 5.74) is 5.99. The van der Waals surface area contributed by atoms with Gasteiger partial charge in [0.25, 0.3) is 0 Å². The van der Waals surface area contributed by atoms with Gasteiger partial charge >= 0.3 is 0 Å². The topological polar surface area (TPSA) is 0 Å². The van der Waals surface area contributed by atoms with Gasteiger partial charge in [-0.3, -0.25) is 0 Å². The lowest BCUT2D eigenvalue weighted by Crippen LogP contribution is -2.12. The first-order valence-electron chi connectivity index (χ1n) is 16.1. The first kappa shape index (κ1) is 32.7. The Labute approximate surface area is 297 Å². The van der Waals surface area contributed by atoms with Crippen molar-refractivity contribution < 1.29 is 0 Å². The molecule has 0 fully saturated rings. The average Bonchev–Trinajstić information content (AvgIpc) is 2.92. The Hall–Kier alpha value is -1.80. The Morgan fingerprint density at radius 1 is 0.261 bits per heavy atom. The molecule has 0 aliphatic heterocycles. The second kappa shape index (κ2) is 10.9. The van der Waals surface area contributed by atoms with E-state index >= 15 is 0 Å². The number of rotatable bonds is 0. The fraction of sp³-hybridized carbons (Fsp3) is 0.400. The van der Waals surface area contributed by atoms with Crippen LogP contribution in [0.5, 0.6) is 0 Å². The van der Waals surface area contributed by atoms with Crippen molar-refractivity contribution in [3.05, 3.63) is 70.8 Å². The molecule has 0 spiro atoms. The molecule has 0 saturated heterocycles. The number of hydrogen-bond acceptors (Lipinski definition) is 6. The molecule has 0 atom stereocenters. The lowest BCUT2D eigenvalue weighted by molar-refractivity contribution is 0.596. The fourth-order valence-corrected chi connectivity index (χ4v) is 15.4. The van der Waals surface area contributed by atoms with Gasteiger partial charge in [0, 0.05) is 18.8 Å². The molecule has 0 radical (unpaired) electrons. The van der Waals surface area contributed by atoms with Gasteiger partial charge < -0.3 is 0 Å². The van der Waals surface area contributed by atoms with Crippen molar-refractivity contribution in [1.29, 1.82) is 0 Å². The van der Waals surface area contributed by atoms with Crippen molar-refractivity contribution in [3.8, 4) is 0 Å². The molecule has 4 bridgehead atoms. The monoisotopic (exact) mass is 716 g/mol. The van der Waals surface area contributed by atoms with Crippen LogP contribution in [0.2, 0.25) is 0 Å². The highest BCUT2D eigenvalue weighted by Gasteiger charge is 2.26. The average molecular weight is 717 g/mol. The van der Waals surface area contributed by atoms with E-state index in [4.69, 9.17) is 0 Å². The van der Waals surface area contributed by atoms with E-state index in [2.05, 4.69) is 132 Å². The number of benzene rings is 4. The Morgan fingerprint density at radius 3 is 0.652 bits per heavy atom. The fourth-order valence-electron chi connectivity index (χ4n) is 6.30. The lowest BCUT2D eigenvalue weighted by atomic mass is 9.87. The third kappa shape index (κ3) is 5.49. The van der Waals surface area contributed by atoms with E-state index in [1.54, 1.807) is 0 Å². The Morgan fingerprint density at radius 2 is 0.457 bits per heavy atom. The zero-order valence-electron chi connectivity index (χ0n) is 29.1. The minimum atomic E-state index is 0.0537. The molecule has 46 heavy (non-hydrogen) atoms. The standard InChI is InChI=1S/C40H44S6/c1-37(2,3)21-13-17-25-33-29(21)43-30-22(38(4,5)6)14-18-26(34(30)45-33)42-28-20-16-24(40(10,11)12)32-36(28)46-35-27(41-25)19-15-23(31(35)44-32)39(7,8)9/h13-20H,1-12H3. The molecule has 3 heterocycles. The van der Waals surface area contributed by atoms with Gasteiger partial charge in [-0.25, -0.2) is 0 Å². The van der Waals surface area contributed by atoms with Crippen LogP contribution < -0.4 is 0 Å². The predicted molar refractivity (Wildman–Crippen MR) is 220 cm³/mol. The van der Waals surface area contributed by atoms with E-state index in [1.807, 2.05) is 68.0 Å². The van der Waals surface area contributed by atoms with Crippen molar-refractivity contribution in [1.82, 2.24) is 0 Å². The molecule has 0 N–H and O–H groups in total. The summed E-state index contributed by atoms with van der Waals surface area (Å²) in [7, 11) is 0. The van der Waals surface area contributed by atoms with Crippen molar-refractivity contribution in [3.63, 3.8) is 0 Å². The highest BCUT2D eigenvalue weighted by Crippen LogP contribution is 2.50. The van der Waals surface area contributed by atoms with E-state index in [0.717, 1.165) is 0 Å². The van der Waals surface area contributed by atoms with Gasteiger partial charge in [-0.1, -0.05) is 107 Å². The van der Waals surface area contributed by atoms with Crippen LogP contribution in [0.3, 0.4) is 0 Å². The van der Waals surface area contributed by atoms with Gasteiger partial charge in [-0.05, 0) is 68.2 Å².